The first-order valence-electron chi connectivity index (χ1n) is 5.50. The van der Waals surface area contributed by atoms with Crippen LogP contribution in [-0.4, -0.2) is 5.91 Å². The third-order valence-electron chi connectivity index (χ3n) is 2.63. The minimum atomic E-state index is -1.06. The monoisotopic (exact) mass is 281 g/mol. The van der Waals surface area contributed by atoms with E-state index < -0.39 is 17.5 Å². The van der Waals surface area contributed by atoms with Gasteiger partial charge in [0, 0.05) is 16.3 Å². The molecule has 0 fully saturated rings. The lowest BCUT2D eigenvalue weighted by Gasteiger charge is -2.09. The molecule has 0 aliphatic heterocycles. The highest BCUT2D eigenvalue weighted by Crippen LogP contribution is 2.21. The lowest BCUT2D eigenvalue weighted by atomic mass is 10.1. The number of carbonyl (C=O) groups is 1. The van der Waals surface area contributed by atoms with Gasteiger partial charge in [0.1, 0.15) is 0 Å². The molecule has 2 aromatic rings. The summed E-state index contributed by atoms with van der Waals surface area (Å²) in [5.74, 6) is -2.57. The van der Waals surface area contributed by atoms with Crippen LogP contribution >= 0.6 is 11.6 Å². The van der Waals surface area contributed by atoms with Crippen molar-refractivity contribution in [3.8, 4) is 0 Å². The first-order valence-corrected chi connectivity index (χ1v) is 5.88. The SMILES string of the molecule is Cc1ccc(Cl)cc1NC(=O)c1ccc(F)c(F)c1. The Morgan fingerprint density at radius 1 is 1.11 bits per heavy atom. The van der Waals surface area contributed by atoms with Crippen molar-refractivity contribution in [1.29, 1.82) is 0 Å². The van der Waals surface area contributed by atoms with E-state index in [0.717, 1.165) is 17.7 Å². The summed E-state index contributed by atoms with van der Waals surface area (Å²) in [5, 5.41) is 3.08. The van der Waals surface area contributed by atoms with E-state index in [1.54, 1.807) is 25.1 Å². The second-order valence-electron chi connectivity index (χ2n) is 4.04. The molecule has 0 spiro atoms. The number of anilines is 1. The number of nitrogens with one attached hydrogen (secondary N) is 1. The second kappa shape index (κ2) is 5.36. The molecule has 0 aromatic heterocycles. The minimum Gasteiger partial charge on any atom is -0.322 e. The summed E-state index contributed by atoms with van der Waals surface area (Å²) >= 11 is 5.83. The van der Waals surface area contributed by atoms with E-state index >= 15 is 0 Å². The van der Waals surface area contributed by atoms with Crippen LogP contribution in [0.1, 0.15) is 15.9 Å². The zero-order valence-corrected chi connectivity index (χ0v) is 10.8. The van der Waals surface area contributed by atoms with Gasteiger partial charge in [-0.05, 0) is 42.8 Å². The van der Waals surface area contributed by atoms with Gasteiger partial charge in [-0.15, -0.1) is 0 Å². The van der Waals surface area contributed by atoms with Crippen LogP contribution in [0.5, 0.6) is 0 Å². The van der Waals surface area contributed by atoms with E-state index in [1.165, 1.54) is 6.07 Å². The Bertz CT molecular complexity index is 643. The molecule has 1 N–H and O–H groups in total. The maximum atomic E-state index is 13.0. The van der Waals surface area contributed by atoms with Crippen LogP contribution in [-0.2, 0) is 0 Å². The molecule has 19 heavy (non-hydrogen) atoms. The van der Waals surface area contributed by atoms with Gasteiger partial charge < -0.3 is 5.32 Å². The summed E-state index contributed by atoms with van der Waals surface area (Å²) in [6.07, 6.45) is 0. The minimum absolute atomic E-state index is 0.0401. The van der Waals surface area contributed by atoms with Crippen molar-refractivity contribution in [3.05, 3.63) is 64.2 Å². The maximum Gasteiger partial charge on any atom is 0.255 e. The first kappa shape index (κ1) is 13.5. The largest absolute Gasteiger partial charge is 0.322 e. The molecule has 2 aromatic carbocycles. The highest BCUT2D eigenvalue weighted by Gasteiger charge is 2.11. The van der Waals surface area contributed by atoms with E-state index in [4.69, 9.17) is 11.6 Å². The van der Waals surface area contributed by atoms with Crippen LogP contribution in [0.4, 0.5) is 14.5 Å². The Labute approximate surface area is 114 Å². The molecule has 5 heteroatoms. The summed E-state index contributed by atoms with van der Waals surface area (Å²) in [7, 11) is 0. The van der Waals surface area contributed by atoms with Crippen LogP contribution in [0, 0.1) is 18.6 Å². The van der Waals surface area contributed by atoms with E-state index in [9.17, 15) is 13.6 Å². The molecule has 0 bridgehead atoms. The van der Waals surface area contributed by atoms with Crippen molar-refractivity contribution in [2.45, 2.75) is 6.92 Å². The number of benzene rings is 2. The molecular weight excluding hydrogens is 272 g/mol. The zero-order chi connectivity index (χ0) is 14.0. The number of halogens is 3. The average Bonchev–Trinajstić information content (AvgIpc) is 2.37. The highest BCUT2D eigenvalue weighted by molar-refractivity contribution is 6.31. The summed E-state index contributed by atoms with van der Waals surface area (Å²) in [5.41, 5.74) is 1.39. The number of hydrogen-bond acceptors (Lipinski definition) is 1. The fraction of sp³-hybridized carbons (Fsp3) is 0.0714. The van der Waals surface area contributed by atoms with E-state index in [-0.39, 0.29) is 5.56 Å². The van der Waals surface area contributed by atoms with E-state index in [0.29, 0.717) is 10.7 Å². The molecule has 0 saturated heterocycles. The predicted molar refractivity (Wildman–Crippen MR) is 70.5 cm³/mol. The normalized spacial score (nSPS) is 10.3. The topological polar surface area (TPSA) is 29.1 Å². The number of aryl methyl sites for hydroxylation is 1. The summed E-state index contributed by atoms with van der Waals surface area (Å²) in [6.45, 7) is 1.80. The zero-order valence-electron chi connectivity index (χ0n) is 10.0. The fourth-order valence-electron chi connectivity index (χ4n) is 1.56. The van der Waals surface area contributed by atoms with Crippen LogP contribution in [0.2, 0.25) is 5.02 Å². The lowest BCUT2D eigenvalue weighted by molar-refractivity contribution is 0.102. The molecule has 1 amide bonds. The summed E-state index contributed by atoms with van der Waals surface area (Å²) in [4.78, 5) is 11.9. The summed E-state index contributed by atoms with van der Waals surface area (Å²) in [6, 6.07) is 8.02. The molecule has 0 heterocycles. The van der Waals surface area contributed by atoms with Crippen LogP contribution < -0.4 is 5.32 Å². The van der Waals surface area contributed by atoms with Gasteiger partial charge in [0.25, 0.3) is 5.91 Å². The van der Waals surface area contributed by atoms with Crippen LogP contribution in [0.3, 0.4) is 0 Å². The molecule has 0 aliphatic carbocycles. The van der Waals surface area contributed by atoms with Gasteiger partial charge in [0.2, 0.25) is 0 Å². The van der Waals surface area contributed by atoms with Gasteiger partial charge in [-0.2, -0.15) is 0 Å². The van der Waals surface area contributed by atoms with Gasteiger partial charge >= 0.3 is 0 Å². The van der Waals surface area contributed by atoms with Crippen molar-refractivity contribution >= 4 is 23.2 Å². The van der Waals surface area contributed by atoms with Gasteiger partial charge in [0.15, 0.2) is 11.6 Å². The van der Waals surface area contributed by atoms with Crippen LogP contribution in [0.25, 0.3) is 0 Å². The molecule has 2 nitrogen and oxygen atoms in total. The average molecular weight is 282 g/mol. The van der Waals surface area contributed by atoms with Crippen molar-refractivity contribution in [3.63, 3.8) is 0 Å². The molecule has 0 radical (unpaired) electrons. The third-order valence-corrected chi connectivity index (χ3v) is 2.86. The Kier molecular flexibility index (Phi) is 3.81. The number of carbonyl (C=O) groups excluding carboxylic acids is 1. The first-order chi connectivity index (χ1) is 8.97. The van der Waals surface area contributed by atoms with E-state index in [1.807, 2.05) is 0 Å². The van der Waals surface area contributed by atoms with Crippen LogP contribution in [0.15, 0.2) is 36.4 Å². The molecule has 0 atom stereocenters. The third kappa shape index (κ3) is 3.09. The maximum absolute atomic E-state index is 13.0. The molecule has 0 saturated carbocycles. The Hall–Kier alpha value is -1.94. The van der Waals surface area contributed by atoms with Gasteiger partial charge in [-0.25, -0.2) is 8.78 Å². The molecule has 2 rings (SSSR count). The smallest absolute Gasteiger partial charge is 0.255 e. The molecule has 0 unspecified atom stereocenters. The highest BCUT2D eigenvalue weighted by atomic mass is 35.5. The molecule has 98 valence electrons. The predicted octanol–water partition coefficient (Wildman–Crippen LogP) is 4.18. The Morgan fingerprint density at radius 3 is 2.53 bits per heavy atom. The number of rotatable bonds is 2. The fourth-order valence-corrected chi connectivity index (χ4v) is 1.73. The number of hydrogen-bond donors (Lipinski definition) is 1. The summed E-state index contributed by atoms with van der Waals surface area (Å²) < 4.78 is 25.8. The molecular formula is C14H10ClF2NO. The van der Waals surface area contributed by atoms with E-state index in [2.05, 4.69) is 5.32 Å². The van der Waals surface area contributed by atoms with Gasteiger partial charge in [0.05, 0.1) is 0 Å². The standard InChI is InChI=1S/C14H10ClF2NO/c1-8-2-4-10(15)7-13(8)18-14(19)9-3-5-11(16)12(17)6-9/h2-7H,1H3,(H,18,19). The quantitative estimate of drug-likeness (QED) is 0.879. The molecule has 0 aliphatic rings. The lowest BCUT2D eigenvalue weighted by Crippen LogP contribution is -2.13. The van der Waals surface area contributed by atoms with Crippen molar-refractivity contribution < 1.29 is 13.6 Å². The Balaban J connectivity index is 2.25. The number of amides is 1. The van der Waals surface area contributed by atoms with Crippen molar-refractivity contribution in [2.24, 2.45) is 0 Å². The van der Waals surface area contributed by atoms with Crippen molar-refractivity contribution in [2.75, 3.05) is 5.32 Å². The van der Waals surface area contributed by atoms with Gasteiger partial charge in [-0.1, -0.05) is 17.7 Å². The van der Waals surface area contributed by atoms with Gasteiger partial charge in [-0.3, -0.25) is 4.79 Å². The van der Waals surface area contributed by atoms with Crippen molar-refractivity contribution in [1.82, 2.24) is 0 Å². The Morgan fingerprint density at radius 2 is 1.84 bits per heavy atom. The second-order valence-corrected chi connectivity index (χ2v) is 4.48.